The minimum absolute atomic E-state index is 0.0478. The number of aliphatic hydroxyl groups excluding tert-OH is 2. The van der Waals surface area contributed by atoms with E-state index in [2.05, 4.69) is 15.1 Å². The molecule has 242 valence electrons. The second kappa shape index (κ2) is 14.9. The van der Waals surface area contributed by atoms with Crippen LogP contribution in [0.2, 0.25) is 0 Å². The Morgan fingerprint density at radius 3 is 2.65 bits per heavy atom. The third-order valence-corrected chi connectivity index (χ3v) is 9.05. The van der Waals surface area contributed by atoms with Crippen LogP contribution in [-0.2, 0) is 38.5 Å². The fraction of sp³-hybridized carbons (Fsp3) is 0.739. The van der Waals surface area contributed by atoms with Crippen LogP contribution in [0, 0.1) is 5.41 Å². The number of halogens is 1. The quantitative estimate of drug-likeness (QED) is 0.0485. The van der Waals surface area contributed by atoms with Crippen molar-refractivity contribution in [1.82, 2.24) is 14.6 Å². The minimum atomic E-state index is -4.55. The normalized spacial score (nSPS) is 24.3. The molecule has 1 fully saturated rings. The number of carbonyl (C=O) groups is 2. The second-order valence-corrected chi connectivity index (χ2v) is 13.4. The molecular formula is C23H36FN6O11PS. The molecule has 2 heterocycles. The van der Waals surface area contributed by atoms with Gasteiger partial charge in [0.2, 0.25) is 5.79 Å². The number of aliphatic hydroxyl groups is 2. The zero-order valence-electron chi connectivity index (χ0n) is 24.2. The molecule has 2 rings (SSSR count). The molecule has 5 atom stereocenters. The van der Waals surface area contributed by atoms with Gasteiger partial charge in [0.25, 0.3) is 5.56 Å². The van der Waals surface area contributed by atoms with E-state index in [0.717, 1.165) is 24.0 Å². The molecular weight excluding hydrogens is 618 g/mol. The van der Waals surface area contributed by atoms with Gasteiger partial charge in [-0.1, -0.05) is 16.9 Å². The number of nitrogens with zero attached hydrogens (tertiary/aromatic N) is 4. The summed E-state index contributed by atoms with van der Waals surface area (Å²) in [5, 5.41) is 25.8. The van der Waals surface area contributed by atoms with Crippen molar-refractivity contribution in [1.29, 1.82) is 0 Å². The molecule has 17 nitrogen and oxygen atoms in total. The molecule has 1 aromatic rings. The maximum atomic E-state index is 16.1. The van der Waals surface area contributed by atoms with Crippen molar-refractivity contribution in [2.75, 3.05) is 38.7 Å². The predicted octanol–water partition coefficient (Wildman–Crippen LogP) is 0.948. The Morgan fingerprint density at radius 1 is 1.40 bits per heavy atom. The Kier molecular flexibility index (Phi) is 12.7. The molecule has 0 aromatic carbocycles. The molecule has 4 N–H and O–H groups in total. The fourth-order valence-corrected chi connectivity index (χ4v) is 6.10. The van der Waals surface area contributed by atoms with E-state index in [0.29, 0.717) is 4.57 Å². The fourth-order valence-electron chi connectivity index (χ4n) is 3.65. The number of esters is 1. The summed E-state index contributed by atoms with van der Waals surface area (Å²) in [5.74, 6) is -3.86. The van der Waals surface area contributed by atoms with Crippen LogP contribution < -0.4 is 16.3 Å². The third-order valence-electron chi connectivity index (χ3n) is 6.17. The minimum Gasteiger partial charge on any atom is -0.462 e. The van der Waals surface area contributed by atoms with Crippen LogP contribution in [0.1, 0.15) is 34.6 Å². The molecule has 0 radical (unpaired) electrons. The number of nitrogens with one attached hydrogen (secondary N) is 2. The summed E-state index contributed by atoms with van der Waals surface area (Å²) in [6.07, 6.45) is -1.99. The lowest BCUT2D eigenvalue weighted by atomic mass is 9.93. The molecule has 0 spiro atoms. The van der Waals surface area contributed by atoms with E-state index in [1.165, 1.54) is 20.8 Å². The van der Waals surface area contributed by atoms with E-state index in [1.54, 1.807) is 13.8 Å². The number of rotatable bonds is 16. The van der Waals surface area contributed by atoms with E-state index in [-0.39, 0.29) is 17.5 Å². The zero-order valence-corrected chi connectivity index (χ0v) is 25.9. The summed E-state index contributed by atoms with van der Waals surface area (Å²) in [4.78, 5) is 52.9. The molecule has 1 saturated heterocycles. The standard InChI is InChI=1S/C23H36FN6O11PS/c1-14(2)41-17(33)15(3)28-42(37,39-8-9-43-19(35)21(4,5)11-31)40-12-22(10-26-29-25)18(34)23(24,13-38-22)30-7-6-16(32)27-20(30)36/h6-7,14-15,18,31,34H,8-13H2,1-5H3,(H,28,37)(H,27,32,36)/t15?,18-,22-,23+,42?/m1/s1. The molecule has 0 bridgehead atoms. The predicted molar refractivity (Wildman–Crippen MR) is 151 cm³/mol. The molecule has 20 heteroatoms. The Hall–Kier alpha value is -2.60. The van der Waals surface area contributed by atoms with Gasteiger partial charge >= 0.3 is 19.4 Å². The lowest BCUT2D eigenvalue weighted by molar-refractivity contribution is -0.149. The van der Waals surface area contributed by atoms with Crippen LogP contribution in [0.3, 0.4) is 0 Å². The van der Waals surface area contributed by atoms with Crippen molar-refractivity contribution in [3.63, 3.8) is 0 Å². The largest absolute Gasteiger partial charge is 0.462 e. The van der Waals surface area contributed by atoms with Crippen LogP contribution in [-0.4, -0.2) is 93.4 Å². The number of aromatic nitrogens is 2. The lowest BCUT2D eigenvalue weighted by Gasteiger charge is -2.34. The van der Waals surface area contributed by atoms with Crippen LogP contribution >= 0.6 is 19.5 Å². The summed E-state index contributed by atoms with van der Waals surface area (Å²) in [5.41, 5.74) is 3.59. The van der Waals surface area contributed by atoms with E-state index in [1.807, 2.05) is 4.98 Å². The summed E-state index contributed by atoms with van der Waals surface area (Å²) in [6, 6.07) is -0.425. The van der Waals surface area contributed by atoms with Gasteiger partial charge in [0.1, 0.15) is 24.4 Å². The molecule has 0 aliphatic carbocycles. The van der Waals surface area contributed by atoms with E-state index >= 15 is 4.39 Å². The van der Waals surface area contributed by atoms with Crippen LogP contribution in [0.5, 0.6) is 0 Å². The molecule has 0 amide bonds. The van der Waals surface area contributed by atoms with Gasteiger partial charge in [-0.2, -0.15) is 0 Å². The monoisotopic (exact) mass is 654 g/mol. The van der Waals surface area contributed by atoms with Gasteiger partial charge in [-0.3, -0.25) is 33.0 Å². The van der Waals surface area contributed by atoms with E-state index < -0.39 is 86.4 Å². The first-order valence-electron chi connectivity index (χ1n) is 12.9. The lowest BCUT2D eigenvalue weighted by Crippen LogP contribution is -2.56. The van der Waals surface area contributed by atoms with Crippen molar-refractivity contribution in [3.05, 3.63) is 43.5 Å². The Morgan fingerprint density at radius 2 is 2.07 bits per heavy atom. The zero-order chi connectivity index (χ0) is 32.6. The van der Waals surface area contributed by atoms with Crippen molar-refractivity contribution in [3.8, 4) is 0 Å². The maximum Gasteiger partial charge on any atom is 0.406 e. The van der Waals surface area contributed by atoms with Crippen LogP contribution in [0.25, 0.3) is 10.4 Å². The number of H-pyrrole nitrogens is 1. The average Bonchev–Trinajstić information content (AvgIpc) is 3.18. The number of azide groups is 1. The van der Waals surface area contributed by atoms with Gasteiger partial charge in [-0.15, -0.1) is 0 Å². The first-order chi connectivity index (χ1) is 19.9. The summed E-state index contributed by atoms with van der Waals surface area (Å²) in [6.45, 7) is 4.08. The topological polar surface area (TPSA) is 244 Å². The third kappa shape index (κ3) is 9.20. The van der Waals surface area contributed by atoms with Gasteiger partial charge in [0, 0.05) is 22.9 Å². The molecule has 1 aromatic heterocycles. The molecule has 43 heavy (non-hydrogen) atoms. The first kappa shape index (κ1) is 36.6. The van der Waals surface area contributed by atoms with Gasteiger partial charge in [-0.25, -0.2) is 18.8 Å². The first-order valence-corrected chi connectivity index (χ1v) is 15.5. The molecule has 1 aliphatic rings. The highest BCUT2D eigenvalue weighted by Crippen LogP contribution is 2.48. The SMILES string of the molecule is CC(C)OC(=O)C(C)NP(=O)(OCCSC(=O)C(C)(C)CO)OC[C@@]1(CN=[N+]=[N-])OC[C@](F)(n2ccc(=O)[nH]c2=O)[C@@H]1O. The Bertz CT molecular complexity index is 1370. The van der Waals surface area contributed by atoms with Gasteiger partial charge < -0.3 is 19.7 Å². The summed E-state index contributed by atoms with van der Waals surface area (Å²) >= 11 is 0.789. The highest BCUT2D eigenvalue weighted by atomic mass is 32.2. The Balaban J connectivity index is 2.33. The number of thioether (sulfide) groups is 1. The number of ether oxygens (including phenoxy) is 2. The summed E-state index contributed by atoms with van der Waals surface area (Å²) in [7, 11) is -4.55. The van der Waals surface area contributed by atoms with Gasteiger partial charge in [0.15, 0.2) is 5.12 Å². The van der Waals surface area contributed by atoms with Gasteiger partial charge in [0.05, 0.1) is 37.9 Å². The van der Waals surface area contributed by atoms with Crippen molar-refractivity contribution in [2.45, 2.75) is 64.3 Å². The molecule has 1 aliphatic heterocycles. The van der Waals surface area contributed by atoms with Crippen molar-refractivity contribution < 1.29 is 47.3 Å². The summed E-state index contributed by atoms with van der Waals surface area (Å²) < 4.78 is 51.8. The van der Waals surface area contributed by atoms with E-state index in [9.17, 15) is 34.0 Å². The molecule has 0 saturated carbocycles. The van der Waals surface area contributed by atoms with Crippen LogP contribution in [0.4, 0.5) is 4.39 Å². The second-order valence-electron chi connectivity index (χ2n) is 10.6. The number of alkyl halides is 1. The number of aromatic amines is 1. The number of hydrogen-bond donors (Lipinski definition) is 4. The van der Waals surface area contributed by atoms with Crippen LogP contribution in [0.15, 0.2) is 27.0 Å². The number of hydrogen-bond acceptors (Lipinski definition) is 13. The number of carbonyl (C=O) groups excluding carboxylic acids is 2. The maximum absolute atomic E-state index is 16.1. The highest BCUT2D eigenvalue weighted by molar-refractivity contribution is 8.13. The average molecular weight is 655 g/mol. The smallest absolute Gasteiger partial charge is 0.406 e. The van der Waals surface area contributed by atoms with Crippen molar-refractivity contribution >= 4 is 30.6 Å². The Labute approximate surface area is 249 Å². The molecule has 2 unspecified atom stereocenters. The van der Waals surface area contributed by atoms with Gasteiger partial charge in [-0.05, 0) is 40.1 Å². The van der Waals surface area contributed by atoms with Crippen molar-refractivity contribution in [2.24, 2.45) is 10.5 Å². The highest BCUT2D eigenvalue weighted by Gasteiger charge is 2.61. The van der Waals surface area contributed by atoms with E-state index in [4.69, 9.17) is 24.1 Å².